The van der Waals surface area contributed by atoms with E-state index < -0.39 is 38.5 Å². The van der Waals surface area contributed by atoms with Gasteiger partial charge in [-0.2, -0.15) is 13.2 Å². The Morgan fingerprint density at radius 2 is 1.82 bits per heavy atom. The molecule has 0 heterocycles. The molecule has 0 saturated heterocycles. The summed E-state index contributed by atoms with van der Waals surface area (Å²) in [6, 6.07) is 8.15. The molecule has 0 aliphatic carbocycles. The lowest BCUT2D eigenvalue weighted by atomic mass is 10.1. The molecule has 2 rings (SSSR count). The second-order valence-corrected chi connectivity index (χ2v) is 8.01. The van der Waals surface area contributed by atoms with Gasteiger partial charge in [0.1, 0.15) is 11.6 Å². The van der Waals surface area contributed by atoms with Gasteiger partial charge in [-0.05, 0) is 50.0 Å². The molecule has 0 spiro atoms. The van der Waals surface area contributed by atoms with E-state index in [0.29, 0.717) is 11.8 Å². The minimum Gasteiger partial charge on any atom is -0.497 e. The minimum absolute atomic E-state index is 0.110. The normalized spacial score (nSPS) is 13.6. The Kier molecular flexibility index (Phi) is 6.68. The first-order chi connectivity index (χ1) is 13.0. The van der Waals surface area contributed by atoms with Crippen LogP contribution in [0.5, 0.6) is 5.75 Å². The van der Waals surface area contributed by atoms with Gasteiger partial charge >= 0.3 is 6.18 Å². The molecule has 0 radical (unpaired) electrons. The topological polar surface area (TPSA) is 58.6 Å². The van der Waals surface area contributed by atoms with Crippen molar-refractivity contribution in [1.82, 2.24) is 9.62 Å². The summed E-state index contributed by atoms with van der Waals surface area (Å²) in [6.45, 7) is -0.110. The van der Waals surface area contributed by atoms with E-state index in [-0.39, 0.29) is 12.6 Å². The summed E-state index contributed by atoms with van der Waals surface area (Å²) in [7, 11) is 0.681. The fraction of sp³-hybridized carbons (Fsp3) is 0.333. The fourth-order valence-electron chi connectivity index (χ4n) is 2.61. The van der Waals surface area contributed by atoms with Gasteiger partial charge in [0.2, 0.25) is 10.0 Å². The van der Waals surface area contributed by atoms with Crippen molar-refractivity contribution in [3.8, 4) is 5.75 Å². The summed E-state index contributed by atoms with van der Waals surface area (Å²) >= 11 is 0. The van der Waals surface area contributed by atoms with Gasteiger partial charge in [-0.1, -0.05) is 12.1 Å². The summed E-state index contributed by atoms with van der Waals surface area (Å²) in [5, 5.41) is 0. The molecule has 1 N–H and O–H groups in total. The van der Waals surface area contributed by atoms with Gasteiger partial charge in [0.05, 0.1) is 17.6 Å². The van der Waals surface area contributed by atoms with Crippen LogP contribution < -0.4 is 9.46 Å². The van der Waals surface area contributed by atoms with Crippen molar-refractivity contribution in [3.63, 3.8) is 0 Å². The molecular formula is C18H20F4N2O3S. The quantitative estimate of drug-likeness (QED) is 0.698. The Morgan fingerprint density at radius 3 is 2.39 bits per heavy atom. The van der Waals surface area contributed by atoms with Crippen LogP contribution in [0.1, 0.15) is 17.2 Å². The molecule has 28 heavy (non-hydrogen) atoms. The van der Waals surface area contributed by atoms with Crippen LogP contribution in [-0.2, 0) is 16.2 Å². The maximum Gasteiger partial charge on any atom is 0.419 e. The predicted molar refractivity (Wildman–Crippen MR) is 96.0 cm³/mol. The van der Waals surface area contributed by atoms with E-state index in [1.807, 2.05) is 0 Å². The molecule has 0 fully saturated rings. The highest BCUT2D eigenvalue weighted by Gasteiger charge is 2.35. The van der Waals surface area contributed by atoms with Gasteiger partial charge in [0.25, 0.3) is 0 Å². The molecule has 2 aromatic rings. The maximum atomic E-state index is 13.4. The molecule has 0 saturated carbocycles. The molecule has 5 nitrogen and oxygen atoms in total. The second kappa shape index (κ2) is 8.46. The van der Waals surface area contributed by atoms with Crippen LogP contribution in [0.3, 0.4) is 0 Å². The zero-order valence-electron chi connectivity index (χ0n) is 15.4. The minimum atomic E-state index is -5.00. The van der Waals surface area contributed by atoms with Crippen LogP contribution in [-0.4, -0.2) is 41.1 Å². The van der Waals surface area contributed by atoms with Crippen molar-refractivity contribution in [2.75, 3.05) is 27.7 Å². The number of alkyl halides is 3. The summed E-state index contributed by atoms with van der Waals surface area (Å²) in [6.07, 6.45) is -5.00. The molecule has 0 aliphatic rings. The number of benzene rings is 2. The molecule has 1 unspecified atom stereocenters. The molecular weight excluding hydrogens is 400 g/mol. The van der Waals surface area contributed by atoms with Gasteiger partial charge in [-0.3, -0.25) is 0 Å². The molecule has 154 valence electrons. The number of sulfonamides is 1. The molecule has 1 atom stereocenters. The monoisotopic (exact) mass is 420 g/mol. The Bertz CT molecular complexity index is 931. The zero-order chi connectivity index (χ0) is 21.1. The number of halogens is 4. The Balaban J connectivity index is 2.28. The van der Waals surface area contributed by atoms with Crippen molar-refractivity contribution in [1.29, 1.82) is 0 Å². The van der Waals surface area contributed by atoms with Gasteiger partial charge in [-0.25, -0.2) is 17.5 Å². The van der Waals surface area contributed by atoms with Crippen LogP contribution in [0, 0.1) is 5.82 Å². The van der Waals surface area contributed by atoms with Gasteiger partial charge < -0.3 is 9.64 Å². The Morgan fingerprint density at radius 1 is 1.14 bits per heavy atom. The van der Waals surface area contributed by atoms with E-state index in [4.69, 9.17) is 4.74 Å². The summed E-state index contributed by atoms with van der Waals surface area (Å²) in [5.74, 6) is -0.949. The van der Waals surface area contributed by atoms with Crippen LogP contribution >= 0.6 is 0 Å². The maximum absolute atomic E-state index is 13.4. The first kappa shape index (κ1) is 22.1. The van der Waals surface area contributed by atoms with Crippen LogP contribution in [0.2, 0.25) is 0 Å². The third-order valence-corrected chi connectivity index (χ3v) is 5.54. The SMILES string of the molecule is COc1cccc(C(CNS(=O)(=O)c2ccc(F)c(C(F)(F)F)c2)N(C)C)c1. The van der Waals surface area contributed by atoms with Crippen LogP contribution in [0.4, 0.5) is 17.6 Å². The van der Waals surface area contributed by atoms with Gasteiger partial charge in [0.15, 0.2) is 0 Å². The smallest absolute Gasteiger partial charge is 0.419 e. The molecule has 0 amide bonds. The van der Waals surface area contributed by atoms with Crippen molar-refractivity contribution >= 4 is 10.0 Å². The summed E-state index contributed by atoms with van der Waals surface area (Å²) < 4.78 is 84.3. The van der Waals surface area contributed by atoms with E-state index in [2.05, 4.69) is 4.72 Å². The van der Waals surface area contributed by atoms with Crippen molar-refractivity contribution in [2.24, 2.45) is 0 Å². The number of likely N-dealkylation sites (N-methyl/N-ethyl adjacent to an activating group) is 1. The number of nitrogens with one attached hydrogen (secondary N) is 1. The predicted octanol–water partition coefficient (Wildman–Crippen LogP) is 3.43. The zero-order valence-corrected chi connectivity index (χ0v) is 16.2. The highest BCUT2D eigenvalue weighted by atomic mass is 32.2. The lowest BCUT2D eigenvalue weighted by Gasteiger charge is -2.25. The van der Waals surface area contributed by atoms with Crippen LogP contribution in [0.15, 0.2) is 47.4 Å². The standard InChI is InChI=1S/C18H20F4N2O3S/c1-24(2)17(12-5-4-6-13(9-12)27-3)11-23-28(25,26)14-7-8-16(19)15(10-14)18(20,21)22/h4-10,17,23H,11H2,1-3H3. The van der Waals surface area contributed by atoms with Crippen molar-refractivity contribution < 1.29 is 30.7 Å². The molecule has 0 aliphatic heterocycles. The van der Waals surface area contributed by atoms with E-state index in [1.54, 1.807) is 43.3 Å². The molecule has 10 heteroatoms. The number of nitrogens with zero attached hydrogens (tertiary/aromatic N) is 1. The molecule has 2 aromatic carbocycles. The van der Waals surface area contributed by atoms with E-state index >= 15 is 0 Å². The molecule has 0 aromatic heterocycles. The first-order valence-electron chi connectivity index (χ1n) is 8.12. The Labute approximate surface area is 161 Å². The number of hydrogen-bond donors (Lipinski definition) is 1. The lowest BCUT2D eigenvalue weighted by molar-refractivity contribution is -0.140. The number of rotatable bonds is 7. The van der Waals surface area contributed by atoms with Crippen LogP contribution in [0.25, 0.3) is 0 Å². The van der Waals surface area contributed by atoms with Crippen molar-refractivity contribution in [3.05, 3.63) is 59.4 Å². The Hall–Kier alpha value is -2.17. The largest absolute Gasteiger partial charge is 0.497 e. The third-order valence-electron chi connectivity index (χ3n) is 4.12. The summed E-state index contributed by atoms with van der Waals surface area (Å²) in [5.41, 5.74) is -0.880. The van der Waals surface area contributed by atoms with E-state index in [9.17, 15) is 26.0 Å². The second-order valence-electron chi connectivity index (χ2n) is 6.25. The average molecular weight is 420 g/mol. The van der Waals surface area contributed by atoms with E-state index in [0.717, 1.165) is 11.6 Å². The van der Waals surface area contributed by atoms with Crippen molar-refractivity contribution in [2.45, 2.75) is 17.1 Å². The lowest BCUT2D eigenvalue weighted by Crippen LogP contribution is -2.34. The highest BCUT2D eigenvalue weighted by Crippen LogP contribution is 2.33. The fourth-order valence-corrected chi connectivity index (χ4v) is 3.67. The summed E-state index contributed by atoms with van der Waals surface area (Å²) in [4.78, 5) is 1.09. The van der Waals surface area contributed by atoms with E-state index in [1.165, 1.54) is 7.11 Å². The van der Waals surface area contributed by atoms with Gasteiger partial charge in [0, 0.05) is 12.6 Å². The first-order valence-corrected chi connectivity index (χ1v) is 9.61. The van der Waals surface area contributed by atoms with Gasteiger partial charge in [-0.15, -0.1) is 0 Å². The number of hydrogen-bond acceptors (Lipinski definition) is 4. The number of ether oxygens (including phenoxy) is 1. The highest BCUT2D eigenvalue weighted by molar-refractivity contribution is 7.89. The molecule has 0 bridgehead atoms. The third kappa shape index (κ3) is 5.21. The average Bonchev–Trinajstić information content (AvgIpc) is 2.61. The number of methoxy groups -OCH3 is 1.